The van der Waals surface area contributed by atoms with E-state index in [0.717, 1.165) is 11.4 Å². The van der Waals surface area contributed by atoms with Gasteiger partial charge in [0.1, 0.15) is 12.4 Å². The van der Waals surface area contributed by atoms with E-state index in [-0.39, 0.29) is 12.4 Å². The molecule has 1 N–H and O–H groups in total. The normalized spacial score (nSPS) is 8.00. The van der Waals surface area contributed by atoms with Crippen molar-refractivity contribution >= 4 is 18.1 Å². The number of anilines is 1. The number of rotatable bonds is 3. The quantitative estimate of drug-likeness (QED) is 0.750. The summed E-state index contributed by atoms with van der Waals surface area (Å²) < 4.78 is 5.19. The minimum atomic E-state index is 0. The molecule has 0 aliphatic carbocycles. The number of nitrogens with one attached hydrogen (secondary N) is 1. The number of halogens is 1. The van der Waals surface area contributed by atoms with Gasteiger partial charge in [0.2, 0.25) is 0 Å². The lowest BCUT2D eigenvalue weighted by Gasteiger charge is -2.03. The van der Waals surface area contributed by atoms with Crippen LogP contribution < -0.4 is 10.1 Å². The van der Waals surface area contributed by atoms with Crippen molar-refractivity contribution in [2.45, 2.75) is 0 Å². The summed E-state index contributed by atoms with van der Waals surface area (Å²) in [6, 6.07) is 7.63. The van der Waals surface area contributed by atoms with E-state index < -0.39 is 0 Å². The fraction of sp³-hybridized carbons (Fsp3) is 0.200. The third-order valence-corrected chi connectivity index (χ3v) is 1.47. The Bertz CT molecular complexity index is 276. The predicted octanol–water partition coefficient (Wildman–Crippen LogP) is 2.16. The van der Waals surface area contributed by atoms with Gasteiger partial charge in [0, 0.05) is 12.7 Å². The molecule has 0 unspecified atom stereocenters. The summed E-state index contributed by atoms with van der Waals surface area (Å²) in [5, 5.41) is 3.01. The van der Waals surface area contributed by atoms with Gasteiger partial charge < -0.3 is 10.1 Å². The Labute approximate surface area is 84.7 Å². The van der Waals surface area contributed by atoms with Crippen LogP contribution in [0.5, 0.6) is 5.75 Å². The highest BCUT2D eigenvalue weighted by molar-refractivity contribution is 5.85. The molecule has 2 nitrogen and oxygen atoms in total. The minimum Gasteiger partial charge on any atom is -0.481 e. The maximum absolute atomic E-state index is 5.19. The highest BCUT2D eigenvalue weighted by Gasteiger charge is 1.91. The van der Waals surface area contributed by atoms with E-state index in [2.05, 4.69) is 11.2 Å². The first kappa shape index (κ1) is 11.7. The first-order valence-electron chi connectivity index (χ1n) is 3.71. The Hall–Kier alpha value is -1.33. The summed E-state index contributed by atoms with van der Waals surface area (Å²) in [7, 11) is 1.87. The highest BCUT2D eigenvalue weighted by Crippen LogP contribution is 2.14. The molecule has 0 saturated heterocycles. The lowest BCUT2D eigenvalue weighted by Crippen LogP contribution is -1.93. The number of terminal acetylenes is 1. The molecule has 0 atom stereocenters. The van der Waals surface area contributed by atoms with Crippen molar-refractivity contribution in [1.82, 2.24) is 0 Å². The van der Waals surface area contributed by atoms with E-state index in [4.69, 9.17) is 11.2 Å². The molecule has 0 amide bonds. The van der Waals surface area contributed by atoms with Crippen LogP contribution >= 0.6 is 12.4 Å². The number of hydrogen-bond acceptors (Lipinski definition) is 2. The van der Waals surface area contributed by atoms with Gasteiger partial charge in [-0.2, -0.15) is 0 Å². The zero-order valence-electron chi connectivity index (χ0n) is 7.41. The van der Waals surface area contributed by atoms with E-state index in [0.29, 0.717) is 6.61 Å². The standard InChI is InChI=1S/C10H11NO.ClH/c1-3-8-12-10-6-4-9(11-2)5-7-10;/h1,4-7,11H,8H2,2H3;1H. The summed E-state index contributed by atoms with van der Waals surface area (Å²) in [5.41, 5.74) is 1.06. The molecule has 0 heterocycles. The topological polar surface area (TPSA) is 21.3 Å². The zero-order valence-corrected chi connectivity index (χ0v) is 8.23. The van der Waals surface area contributed by atoms with Gasteiger partial charge in [0.05, 0.1) is 0 Å². The fourth-order valence-electron chi connectivity index (χ4n) is 0.843. The molecule has 1 rings (SSSR count). The summed E-state index contributed by atoms with van der Waals surface area (Å²) in [6.45, 7) is 0.318. The van der Waals surface area contributed by atoms with Gasteiger partial charge in [-0.15, -0.1) is 18.8 Å². The Balaban J connectivity index is 0.00000144. The number of ether oxygens (including phenoxy) is 1. The van der Waals surface area contributed by atoms with Crippen LogP contribution in [0.3, 0.4) is 0 Å². The van der Waals surface area contributed by atoms with E-state index in [1.807, 2.05) is 31.3 Å². The zero-order chi connectivity index (χ0) is 8.81. The van der Waals surface area contributed by atoms with Crippen molar-refractivity contribution in [2.75, 3.05) is 19.0 Å². The molecule has 0 radical (unpaired) electrons. The third-order valence-electron chi connectivity index (χ3n) is 1.47. The lowest BCUT2D eigenvalue weighted by atomic mass is 10.3. The number of benzene rings is 1. The van der Waals surface area contributed by atoms with E-state index in [9.17, 15) is 0 Å². The largest absolute Gasteiger partial charge is 0.481 e. The second kappa shape index (κ2) is 6.22. The summed E-state index contributed by atoms with van der Waals surface area (Å²) in [6.07, 6.45) is 5.05. The molecular formula is C10H12ClNO. The SMILES string of the molecule is C#CCOc1ccc(NC)cc1.Cl. The maximum Gasteiger partial charge on any atom is 0.148 e. The maximum atomic E-state index is 5.19. The van der Waals surface area contributed by atoms with Gasteiger partial charge in [-0.25, -0.2) is 0 Å². The van der Waals surface area contributed by atoms with Gasteiger partial charge in [0.25, 0.3) is 0 Å². The Morgan fingerprint density at radius 3 is 2.46 bits per heavy atom. The van der Waals surface area contributed by atoms with Crippen molar-refractivity contribution in [1.29, 1.82) is 0 Å². The monoisotopic (exact) mass is 197 g/mol. The van der Waals surface area contributed by atoms with Gasteiger partial charge in [0.15, 0.2) is 0 Å². The van der Waals surface area contributed by atoms with Crippen LogP contribution in [0.4, 0.5) is 5.69 Å². The average molecular weight is 198 g/mol. The van der Waals surface area contributed by atoms with Gasteiger partial charge in [-0.1, -0.05) is 5.92 Å². The first-order chi connectivity index (χ1) is 5.86. The molecule has 0 bridgehead atoms. The van der Waals surface area contributed by atoms with Crippen molar-refractivity contribution in [3.05, 3.63) is 24.3 Å². The van der Waals surface area contributed by atoms with E-state index in [1.54, 1.807) is 0 Å². The van der Waals surface area contributed by atoms with Crippen molar-refractivity contribution in [3.8, 4) is 18.1 Å². The van der Waals surface area contributed by atoms with Crippen molar-refractivity contribution < 1.29 is 4.74 Å². The molecule has 0 aliphatic rings. The molecule has 0 spiro atoms. The smallest absolute Gasteiger partial charge is 0.148 e. The van der Waals surface area contributed by atoms with Crippen LogP contribution in [0.1, 0.15) is 0 Å². The Morgan fingerprint density at radius 2 is 2.00 bits per heavy atom. The summed E-state index contributed by atoms with van der Waals surface area (Å²) in [5.74, 6) is 3.21. The van der Waals surface area contributed by atoms with Gasteiger partial charge in [-0.3, -0.25) is 0 Å². The molecule has 3 heteroatoms. The lowest BCUT2D eigenvalue weighted by molar-refractivity contribution is 0.370. The molecule has 1 aromatic rings. The molecule has 70 valence electrons. The number of hydrogen-bond donors (Lipinski definition) is 1. The van der Waals surface area contributed by atoms with Crippen LogP contribution in [-0.4, -0.2) is 13.7 Å². The summed E-state index contributed by atoms with van der Waals surface area (Å²) >= 11 is 0. The van der Waals surface area contributed by atoms with Crippen molar-refractivity contribution in [2.24, 2.45) is 0 Å². The van der Waals surface area contributed by atoms with Crippen LogP contribution in [0.15, 0.2) is 24.3 Å². The Kier molecular flexibility index (Phi) is 5.58. The second-order valence-electron chi connectivity index (χ2n) is 2.27. The fourth-order valence-corrected chi connectivity index (χ4v) is 0.843. The van der Waals surface area contributed by atoms with Crippen LogP contribution in [-0.2, 0) is 0 Å². The van der Waals surface area contributed by atoms with Crippen LogP contribution in [0.25, 0.3) is 0 Å². The van der Waals surface area contributed by atoms with Crippen LogP contribution in [0, 0.1) is 12.3 Å². The average Bonchev–Trinajstić information content (AvgIpc) is 2.15. The first-order valence-corrected chi connectivity index (χ1v) is 3.71. The van der Waals surface area contributed by atoms with Gasteiger partial charge in [-0.05, 0) is 24.3 Å². The van der Waals surface area contributed by atoms with Gasteiger partial charge >= 0.3 is 0 Å². The molecule has 0 aliphatic heterocycles. The highest BCUT2D eigenvalue weighted by atomic mass is 35.5. The van der Waals surface area contributed by atoms with Crippen LogP contribution in [0.2, 0.25) is 0 Å². The van der Waals surface area contributed by atoms with E-state index in [1.165, 1.54) is 0 Å². The van der Waals surface area contributed by atoms with Crippen molar-refractivity contribution in [3.63, 3.8) is 0 Å². The molecule has 13 heavy (non-hydrogen) atoms. The summed E-state index contributed by atoms with van der Waals surface area (Å²) in [4.78, 5) is 0. The molecule has 0 fully saturated rings. The molecule has 0 aromatic heterocycles. The molecule has 0 saturated carbocycles. The molecule has 1 aromatic carbocycles. The Morgan fingerprint density at radius 1 is 1.38 bits per heavy atom. The van der Waals surface area contributed by atoms with E-state index >= 15 is 0 Å². The second-order valence-corrected chi connectivity index (χ2v) is 2.27. The molecular weight excluding hydrogens is 186 g/mol. The minimum absolute atomic E-state index is 0. The third kappa shape index (κ3) is 3.73. The predicted molar refractivity (Wildman–Crippen MR) is 57.6 cm³/mol.